The number of nitrogens with zero attached hydrogens (tertiary/aromatic N) is 3. The highest BCUT2D eigenvalue weighted by atomic mass is 16.3. The van der Waals surface area contributed by atoms with E-state index < -0.39 is 0 Å². The highest BCUT2D eigenvalue weighted by Gasteiger charge is 2.38. The molecule has 74 heavy (non-hydrogen) atoms. The number of para-hydroxylation sites is 1. The lowest BCUT2D eigenvalue weighted by molar-refractivity contribution is 0.640. The molecular weight excluding hydrogens is 899 g/mol. The molecule has 0 saturated heterocycles. The van der Waals surface area contributed by atoms with E-state index in [9.17, 15) is 0 Å². The zero-order valence-electron chi connectivity index (χ0n) is 41.2. The number of benzene rings is 10. The van der Waals surface area contributed by atoms with Crippen LogP contribution in [0.1, 0.15) is 70.2 Å². The lowest BCUT2D eigenvalue weighted by Gasteiger charge is -2.30. The van der Waals surface area contributed by atoms with Crippen molar-refractivity contribution in [2.75, 3.05) is 0 Å². The van der Waals surface area contributed by atoms with E-state index in [1.165, 1.54) is 72.3 Å². The number of hydrogen-bond donors (Lipinski definition) is 0. The lowest BCUT2D eigenvalue weighted by atomic mass is 9.73. The zero-order chi connectivity index (χ0) is 49.1. The minimum absolute atomic E-state index is 0.0504. The third-order valence-electron chi connectivity index (χ3n) is 16.5. The highest BCUT2D eigenvalue weighted by molar-refractivity contribution is 6.14. The molecule has 4 nitrogen and oxygen atoms in total. The number of rotatable bonds is 6. The van der Waals surface area contributed by atoms with Crippen molar-refractivity contribution in [1.82, 2.24) is 15.0 Å². The first-order valence-corrected chi connectivity index (χ1v) is 25.9. The maximum Gasteiger partial charge on any atom is 0.164 e. The van der Waals surface area contributed by atoms with Gasteiger partial charge in [-0.25, -0.2) is 15.0 Å². The van der Waals surface area contributed by atoms with Crippen molar-refractivity contribution in [3.05, 3.63) is 269 Å². The van der Waals surface area contributed by atoms with E-state index in [0.717, 1.165) is 68.2 Å². The average molecular weight is 948 g/mol. The fraction of sp³-hybridized carbons (Fsp3) is 0.100. The van der Waals surface area contributed by atoms with Crippen LogP contribution in [-0.2, 0) is 18.3 Å². The normalized spacial score (nSPS) is 15.7. The van der Waals surface area contributed by atoms with Gasteiger partial charge in [-0.2, -0.15) is 0 Å². The SMILES string of the molecule is CC1(C)c2ccccc2-c2cc3c(cc21)CC(c1cccc2c1oc1c(C4Cc5ccccc5-c5ccccc54)ccc(-c4nc(-c5ccccc5)nc(-c5ccc(-c6ccccc6)cc5)n4)c12)c1ccccc1-3. The molecule has 2 atom stereocenters. The summed E-state index contributed by atoms with van der Waals surface area (Å²) in [6.07, 6.45) is 1.71. The second kappa shape index (κ2) is 16.5. The van der Waals surface area contributed by atoms with Gasteiger partial charge in [0.2, 0.25) is 0 Å². The number of furan rings is 1. The zero-order valence-corrected chi connectivity index (χ0v) is 41.2. The van der Waals surface area contributed by atoms with E-state index in [4.69, 9.17) is 19.4 Å². The fourth-order valence-corrected chi connectivity index (χ4v) is 12.9. The summed E-state index contributed by atoms with van der Waals surface area (Å²) in [5.74, 6) is 1.95. The van der Waals surface area contributed by atoms with Gasteiger partial charge in [-0.15, -0.1) is 0 Å². The second-order valence-electron chi connectivity index (χ2n) is 20.9. The molecule has 0 bridgehead atoms. The van der Waals surface area contributed by atoms with Crippen LogP contribution in [0.3, 0.4) is 0 Å². The van der Waals surface area contributed by atoms with E-state index in [2.05, 4.69) is 214 Å². The van der Waals surface area contributed by atoms with Crippen molar-refractivity contribution in [3.8, 4) is 78.7 Å². The molecule has 0 aliphatic heterocycles. The van der Waals surface area contributed by atoms with E-state index in [1.54, 1.807) is 0 Å². The highest BCUT2D eigenvalue weighted by Crippen LogP contribution is 2.54. The molecule has 0 radical (unpaired) electrons. The minimum Gasteiger partial charge on any atom is -0.455 e. The van der Waals surface area contributed by atoms with Crippen molar-refractivity contribution in [2.24, 2.45) is 0 Å². The van der Waals surface area contributed by atoms with Crippen LogP contribution < -0.4 is 0 Å². The number of aromatic nitrogens is 3. The predicted octanol–water partition coefficient (Wildman–Crippen LogP) is 17.5. The van der Waals surface area contributed by atoms with E-state index in [1.807, 2.05) is 24.3 Å². The van der Waals surface area contributed by atoms with Gasteiger partial charge in [-0.1, -0.05) is 226 Å². The summed E-state index contributed by atoms with van der Waals surface area (Å²) in [6, 6.07) is 81.5. The monoisotopic (exact) mass is 947 g/mol. The molecule has 0 amide bonds. The van der Waals surface area contributed by atoms with Crippen LogP contribution in [0.25, 0.3) is 101 Å². The Labute approximate surface area is 430 Å². The maximum atomic E-state index is 7.65. The van der Waals surface area contributed by atoms with Crippen molar-refractivity contribution in [2.45, 2.75) is 43.9 Å². The van der Waals surface area contributed by atoms with Crippen LogP contribution in [0.2, 0.25) is 0 Å². The van der Waals surface area contributed by atoms with Gasteiger partial charge in [0, 0.05) is 55.8 Å². The molecule has 15 rings (SSSR count). The van der Waals surface area contributed by atoms with Crippen LogP contribution in [0.5, 0.6) is 0 Å². The molecule has 0 fully saturated rings. The van der Waals surface area contributed by atoms with Crippen LogP contribution in [-0.4, -0.2) is 15.0 Å². The van der Waals surface area contributed by atoms with Crippen molar-refractivity contribution in [3.63, 3.8) is 0 Å². The second-order valence-corrected chi connectivity index (χ2v) is 20.9. The lowest BCUT2D eigenvalue weighted by Crippen LogP contribution is -2.17. The third kappa shape index (κ3) is 6.57. The maximum absolute atomic E-state index is 7.65. The fourth-order valence-electron chi connectivity index (χ4n) is 12.9. The third-order valence-corrected chi connectivity index (χ3v) is 16.5. The summed E-state index contributed by atoms with van der Waals surface area (Å²) in [5, 5.41) is 2.08. The molecule has 3 aliphatic carbocycles. The first-order valence-electron chi connectivity index (χ1n) is 25.9. The topological polar surface area (TPSA) is 51.8 Å². The van der Waals surface area contributed by atoms with Crippen LogP contribution in [0.15, 0.2) is 229 Å². The van der Waals surface area contributed by atoms with E-state index in [-0.39, 0.29) is 17.3 Å². The Morgan fingerprint density at radius 1 is 0.351 bits per heavy atom. The molecule has 4 heteroatoms. The summed E-state index contributed by atoms with van der Waals surface area (Å²) in [7, 11) is 0. The molecule has 12 aromatic rings. The molecular formula is C70H49N3O. The Hall–Kier alpha value is -8.99. The minimum atomic E-state index is -0.0991. The first kappa shape index (κ1) is 42.7. The Morgan fingerprint density at radius 2 is 0.878 bits per heavy atom. The Bertz CT molecular complexity index is 4230. The molecule has 0 spiro atoms. The van der Waals surface area contributed by atoms with Gasteiger partial charge in [0.25, 0.3) is 0 Å². The Kier molecular flexibility index (Phi) is 9.53. The summed E-state index contributed by atoms with van der Waals surface area (Å²) < 4.78 is 7.65. The molecule has 350 valence electrons. The molecule has 3 aliphatic rings. The van der Waals surface area contributed by atoms with Gasteiger partial charge in [-0.05, 0) is 103 Å². The molecule has 10 aromatic carbocycles. The molecule has 0 N–H and O–H groups in total. The summed E-state index contributed by atoms with van der Waals surface area (Å²) in [5.41, 5.74) is 25.1. The summed E-state index contributed by atoms with van der Waals surface area (Å²) in [4.78, 5) is 16.0. The van der Waals surface area contributed by atoms with Gasteiger partial charge in [0.15, 0.2) is 17.5 Å². The smallest absolute Gasteiger partial charge is 0.164 e. The molecule has 2 aromatic heterocycles. The molecule has 2 unspecified atom stereocenters. The Balaban J connectivity index is 0.951. The van der Waals surface area contributed by atoms with Gasteiger partial charge < -0.3 is 4.42 Å². The average Bonchev–Trinajstić information content (AvgIpc) is 4.01. The Morgan fingerprint density at radius 3 is 1.61 bits per heavy atom. The van der Waals surface area contributed by atoms with Gasteiger partial charge in [0.1, 0.15) is 11.2 Å². The molecule has 2 heterocycles. The van der Waals surface area contributed by atoms with Crippen LogP contribution in [0, 0.1) is 0 Å². The standard InChI is InChI=1S/C70H49N3O/c1-70(2)62-31-16-15-28-53(62)61-41-58-47(40-63(61)70)39-60(52-27-14-12-25-50(52)58)54-29-17-30-56-64-57(37-36-55(66(64)74-65(54)56)59-38-46-22-9-10-23-48(46)49-24-11-13-26-51(49)59)69-72-67(44-20-7-4-8-21-44)71-68(73-69)45-34-32-43(33-35-45)42-18-5-3-6-19-42/h3-37,40-41,59-60H,38-39H2,1-2H3. The van der Waals surface area contributed by atoms with Gasteiger partial charge in [-0.3, -0.25) is 0 Å². The number of hydrogen-bond acceptors (Lipinski definition) is 4. The van der Waals surface area contributed by atoms with Crippen molar-refractivity contribution < 1.29 is 4.42 Å². The largest absolute Gasteiger partial charge is 0.455 e. The quantitative estimate of drug-likeness (QED) is 0.167. The first-order chi connectivity index (χ1) is 36.4. The van der Waals surface area contributed by atoms with Gasteiger partial charge in [0.05, 0.1) is 0 Å². The number of fused-ring (bicyclic) bond motifs is 12. The van der Waals surface area contributed by atoms with E-state index in [0.29, 0.717) is 17.5 Å². The van der Waals surface area contributed by atoms with Crippen LogP contribution >= 0.6 is 0 Å². The predicted molar refractivity (Wildman–Crippen MR) is 301 cm³/mol. The summed E-state index contributed by atoms with van der Waals surface area (Å²) in [6.45, 7) is 4.76. The summed E-state index contributed by atoms with van der Waals surface area (Å²) >= 11 is 0. The van der Waals surface area contributed by atoms with E-state index >= 15 is 0 Å². The van der Waals surface area contributed by atoms with Crippen molar-refractivity contribution in [1.29, 1.82) is 0 Å². The molecule has 0 saturated carbocycles. The van der Waals surface area contributed by atoms with Crippen molar-refractivity contribution >= 4 is 21.9 Å². The van der Waals surface area contributed by atoms with Gasteiger partial charge >= 0.3 is 0 Å². The van der Waals surface area contributed by atoms with Crippen LogP contribution in [0.4, 0.5) is 0 Å².